The zero-order valence-corrected chi connectivity index (χ0v) is 32.6. The minimum absolute atomic E-state index is 0.184. The zero-order valence-electron chi connectivity index (χ0n) is 31.8. The Bertz CT molecular complexity index is 1460. The van der Waals surface area contributed by atoms with Crippen molar-refractivity contribution in [3.05, 3.63) is 35.4 Å². The molecule has 1 aromatic rings. The Kier molecular flexibility index (Phi) is 9.32. The number of rotatable bonds is 7. The quantitative estimate of drug-likeness (QED) is 0.255. The largest absolute Gasteiger partial charge is 0.364 e. The zero-order chi connectivity index (χ0) is 35.2. The average Bonchev–Trinajstić information content (AvgIpc) is 3.42. The SMILES string of the molecule is CC(C)[C@@H]1CC[C@]2(NCCN3CCS(=O)(=O)CC3)CC[C@]3(C)[C@H](CCC4[C@@]5(C)CC[C@H](c6ccc(C(O)O)cc6)C(C)(C)C5CC[C@]43C)C12. The van der Waals surface area contributed by atoms with E-state index in [9.17, 15) is 18.6 Å². The molecule has 5 saturated carbocycles. The highest BCUT2D eigenvalue weighted by atomic mass is 32.2. The summed E-state index contributed by atoms with van der Waals surface area (Å²) in [5, 5.41) is 23.6. The molecule has 6 fully saturated rings. The summed E-state index contributed by atoms with van der Waals surface area (Å²) in [4.78, 5) is 2.37. The molecule has 49 heavy (non-hydrogen) atoms. The first-order valence-electron chi connectivity index (χ1n) is 20.1. The monoisotopic (exact) mass is 696 g/mol. The van der Waals surface area contributed by atoms with Crippen molar-refractivity contribution in [3.63, 3.8) is 0 Å². The summed E-state index contributed by atoms with van der Waals surface area (Å²) >= 11 is 0. The van der Waals surface area contributed by atoms with Gasteiger partial charge in [-0.15, -0.1) is 0 Å². The molecule has 3 unspecified atom stereocenters. The van der Waals surface area contributed by atoms with Crippen molar-refractivity contribution < 1.29 is 18.6 Å². The molecule has 276 valence electrons. The molecular weight excluding hydrogens is 629 g/mol. The van der Waals surface area contributed by atoms with Gasteiger partial charge in [-0.05, 0) is 133 Å². The molecule has 1 heterocycles. The maximum Gasteiger partial charge on any atom is 0.178 e. The Hall–Kier alpha value is -0.990. The number of hydrogen-bond acceptors (Lipinski definition) is 6. The minimum atomic E-state index is -2.84. The molecule has 10 atom stereocenters. The second-order valence-electron chi connectivity index (χ2n) is 19.7. The van der Waals surface area contributed by atoms with Crippen molar-refractivity contribution in [2.75, 3.05) is 37.7 Å². The van der Waals surface area contributed by atoms with Gasteiger partial charge in [-0.25, -0.2) is 8.42 Å². The highest BCUT2D eigenvalue weighted by Gasteiger charge is 2.71. The van der Waals surface area contributed by atoms with Crippen molar-refractivity contribution in [1.82, 2.24) is 10.2 Å². The van der Waals surface area contributed by atoms with Crippen LogP contribution in [0.5, 0.6) is 0 Å². The van der Waals surface area contributed by atoms with Crippen LogP contribution < -0.4 is 5.32 Å². The van der Waals surface area contributed by atoms with Crippen molar-refractivity contribution >= 4 is 9.84 Å². The van der Waals surface area contributed by atoms with Crippen molar-refractivity contribution in [1.29, 1.82) is 0 Å². The summed E-state index contributed by atoms with van der Waals surface area (Å²) in [6.07, 6.45) is 11.8. The molecule has 0 spiro atoms. The number of benzene rings is 1. The van der Waals surface area contributed by atoms with Gasteiger partial charge in [-0.3, -0.25) is 0 Å². The summed E-state index contributed by atoms with van der Waals surface area (Å²) in [6, 6.07) is 8.15. The molecule has 1 saturated heterocycles. The molecule has 6 aliphatic rings. The van der Waals surface area contributed by atoms with Crippen LogP contribution in [0.2, 0.25) is 0 Å². The van der Waals surface area contributed by atoms with Gasteiger partial charge in [0, 0.05) is 37.3 Å². The van der Waals surface area contributed by atoms with Crippen molar-refractivity contribution in [3.8, 4) is 0 Å². The fourth-order valence-corrected chi connectivity index (χ4v) is 15.9. The second kappa shape index (κ2) is 12.6. The van der Waals surface area contributed by atoms with Crippen LogP contribution in [0.4, 0.5) is 0 Å². The molecule has 1 aliphatic heterocycles. The summed E-state index contributed by atoms with van der Waals surface area (Å²) in [5.74, 6) is 5.52. The first-order chi connectivity index (χ1) is 23.0. The number of nitrogens with one attached hydrogen (secondary N) is 1. The van der Waals surface area contributed by atoms with E-state index < -0.39 is 16.1 Å². The lowest BCUT2D eigenvalue weighted by molar-refractivity contribution is -0.235. The maximum atomic E-state index is 12.0. The highest BCUT2D eigenvalue weighted by Crippen LogP contribution is 2.77. The Morgan fingerprint density at radius 1 is 0.816 bits per heavy atom. The van der Waals surface area contributed by atoms with Gasteiger partial charge in [0.1, 0.15) is 0 Å². The first-order valence-corrected chi connectivity index (χ1v) is 21.9. The molecule has 5 aliphatic carbocycles. The molecule has 7 heteroatoms. The van der Waals surface area contributed by atoms with E-state index in [0.717, 1.165) is 36.8 Å². The van der Waals surface area contributed by atoms with E-state index in [2.05, 4.69) is 70.8 Å². The number of fused-ring (bicyclic) bond motifs is 7. The normalized spacial score (nSPS) is 44.6. The van der Waals surface area contributed by atoms with E-state index >= 15 is 0 Å². The third-order valence-electron chi connectivity index (χ3n) is 17.4. The molecule has 0 radical (unpaired) electrons. The first kappa shape index (κ1) is 36.4. The molecule has 0 amide bonds. The standard InChI is InChI=1S/C42H68N2O4S/c1-28(2)31-14-19-42(43-22-23-44-24-26-49(47,48)27-25-44)21-20-40(6)33(36(31)42)12-13-35-39(5)17-15-32(29-8-10-30(11-9-29)37(45)46)38(3,4)34(39)16-18-41(35,40)7/h8-11,28,31-37,43,45-46H,12-27H2,1-7H3/t31-,32+,33+,34?,35?,36?,39-,40+,41+,42-/m0/s1. The molecule has 0 aromatic heterocycles. The number of nitrogens with zero attached hydrogens (tertiary/aromatic N) is 1. The van der Waals surface area contributed by atoms with Gasteiger partial charge in [0.05, 0.1) is 11.5 Å². The molecule has 6 nitrogen and oxygen atoms in total. The van der Waals surface area contributed by atoms with Crippen LogP contribution in [0.25, 0.3) is 0 Å². The summed E-state index contributed by atoms with van der Waals surface area (Å²) in [7, 11) is -2.84. The lowest BCUT2D eigenvalue weighted by Crippen LogP contribution is -2.68. The van der Waals surface area contributed by atoms with E-state index in [1.54, 1.807) is 0 Å². The lowest BCUT2D eigenvalue weighted by atomic mass is 9.32. The van der Waals surface area contributed by atoms with E-state index in [0.29, 0.717) is 64.2 Å². The van der Waals surface area contributed by atoms with Crippen LogP contribution in [0.3, 0.4) is 0 Å². The number of hydrogen-bond donors (Lipinski definition) is 3. The minimum Gasteiger partial charge on any atom is -0.364 e. The van der Waals surface area contributed by atoms with Crippen LogP contribution in [0, 0.1) is 57.2 Å². The molecule has 0 bridgehead atoms. The number of aliphatic hydroxyl groups is 2. The predicted octanol–water partition coefficient (Wildman–Crippen LogP) is 7.56. The summed E-state index contributed by atoms with van der Waals surface area (Å²) < 4.78 is 24.1. The van der Waals surface area contributed by atoms with Crippen molar-refractivity contribution in [2.45, 2.75) is 130 Å². The van der Waals surface area contributed by atoms with Crippen LogP contribution in [0.1, 0.15) is 136 Å². The Morgan fingerprint density at radius 2 is 1.51 bits per heavy atom. The third-order valence-corrected chi connectivity index (χ3v) is 19.0. The van der Waals surface area contributed by atoms with E-state index in [1.165, 1.54) is 69.8 Å². The fraction of sp³-hybridized carbons (Fsp3) is 0.857. The fourth-order valence-electron chi connectivity index (χ4n) is 14.6. The van der Waals surface area contributed by atoms with Gasteiger partial charge < -0.3 is 20.4 Å². The third kappa shape index (κ3) is 5.72. The van der Waals surface area contributed by atoms with Gasteiger partial charge in [-0.1, -0.05) is 72.7 Å². The van der Waals surface area contributed by atoms with E-state index in [1.807, 2.05) is 12.1 Å². The van der Waals surface area contributed by atoms with Gasteiger partial charge in [0.25, 0.3) is 0 Å². The average molecular weight is 697 g/mol. The molecule has 1 aromatic carbocycles. The van der Waals surface area contributed by atoms with E-state index in [4.69, 9.17) is 0 Å². The van der Waals surface area contributed by atoms with Crippen LogP contribution in [-0.4, -0.2) is 66.8 Å². The van der Waals surface area contributed by atoms with Crippen LogP contribution in [0.15, 0.2) is 24.3 Å². The molecular formula is C42H68N2O4S. The van der Waals surface area contributed by atoms with Gasteiger partial charge in [-0.2, -0.15) is 0 Å². The summed E-state index contributed by atoms with van der Waals surface area (Å²) in [6.45, 7) is 21.6. The predicted molar refractivity (Wildman–Crippen MR) is 199 cm³/mol. The Morgan fingerprint density at radius 3 is 2.16 bits per heavy atom. The number of sulfone groups is 1. The molecule has 7 rings (SSSR count). The van der Waals surface area contributed by atoms with Gasteiger partial charge >= 0.3 is 0 Å². The lowest BCUT2D eigenvalue weighted by Gasteiger charge is -2.73. The van der Waals surface area contributed by atoms with Gasteiger partial charge in [0.15, 0.2) is 16.1 Å². The van der Waals surface area contributed by atoms with Crippen molar-refractivity contribution in [2.24, 2.45) is 57.2 Å². The maximum absolute atomic E-state index is 12.0. The number of aliphatic hydroxyl groups excluding tert-OH is 1. The molecule has 3 N–H and O–H groups in total. The topological polar surface area (TPSA) is 89.9 Å². The Balaban J connectivity index is 1.12. The van der Waals surface area contributed by atoms with E-state index in [-0.39, 0.29) is 11.0 Å². The summed E-state index contributed by atoms with van der Waals surface area (Å²) in [5.41, 5.74) is 3.39. The Labute approximate surface area is 298 Å². The highest BCUT2D eigenvalue weighted by molar-refractivity contribution is 7.91. The smallest absolute Gasteiger partial charge is 0.178 e. The van der Waals surface area contributed by atoms with Crippen LogP contribution >= 0.6 is 0 Å². The van der Waals surface area contributed by atoms with Gasteiger partial charge in [0.2, 0.25) is 0 Å². The van der Waals surface area contributed by atoms with Crippen LogP contribution in [-0.2, 0) is 9.84 Å². The second-order valence-corrected chi connectivity index (χ2v) is 22.0.